The maximum absolute atomic E-state index is 13.5. The van der Waals surface area contributed by atoms with E-state index in [1.165, 1.54) is 26.2 Å². The molecule has 1 fully saturated rings. The molecule has 2 heterocycles. The molecule has 0 radical (unpaired) electrons. The summed E-state index contributed by atoms with van der Waals surface area (Å²) in [6, 6.07) is 16.7. The molecule has 206 valence electrons. The summed E-state index contributed by atoms with van der Waals surface area (Å²) in [6.07, 6.45) is 2.33. The second-order valence-electron chi connectivity index (χ2n) is 9.31. The van der Waals surface area contributed by atoms with E-state index in [9.17, 15) is 14.7 Å². The van der Waals surface area contributed by atoms with Gasteiger partial charge in [0.1, 0.15) is 28.8 Å². The highest BCUT2D eigenvalue weighted by molar-refractivity contribution is 6.46. The van der Waals surface area contributed by atoms with Crippen molar-refractivity contribution >= 4 is 28.4 Å². The minimum absolute atomic E-state index is 0.0367. The third-order valence-electron chi connectivity index (χ3n) is 7.21. The van der Waals surface area contributed by atoms with Crippen LogP contribution in [0.25, 0.3) is 16.7 Å². The summed E-state index contributed by atoms with van der Waals surface area (Å²) in [5.74, 6) is 0.397. The highest BCUT2D eigenvalue weighted by atomic mass is 16.5. The topological polar surface area (TPSA) is 110 Å². The number of benzene rings is 3. The molecule has 1 atom stereocenters. The van der Waals surface area contributed by atoms with Gasteiger partial charge in [-0.1, -0.05) is 12.1 Å². The Bertz CT molecular complexity index is 1620. The number of aromatic amines is 1. The number of aromatic nitrogens is 1. The van der Waals surface area contributed by atoms with Gasteiger partial charge in [0, 0.05) is 34.8 Å². The number of carbonyl (C=O) groups excluding carboxylic acids is 2. The lowest BCUT2D eigenvalue weighted by molar-refractivity contribution is -0.139. The van der Waals surface area contributed by atoms with Crippen LogP contribution in [0.4, 0.5) is 0 Å². The lowest BCUT2D eigenvalue weighted by Gasteiger charge is -2.27. The molecule has 3 aromatic carbocycles. The zero-order valence-corrected chi connectivity index (χ0v) is 22.7. The number of nitrogens with zero attached hydrogens (tertiary/aromatic N) is 1. The Labute approximate surface area is 231 Å². The average Bonchev–Trinajstić information content (AvgIpc) is 3.52. The van der Waals surface area contributed by atoms with Gasteiger partial charge in [-0.25, -0.2) is 0 Å². The number of carbonyl (C=O) groups is 2. The van der Waals surface area contributed by atoms with Gasteiger partial charge in [-0.05, 0) is 60.5 Å². The predicted molar refractivity (Wildman–Crippen MR) is 150 cm³/mol. The van der Waals surface area contributed by atoms with Crippen molar-refractivity contribution in [2.45, 2.75) is 12.5 Å². The van der Waals surface area contributed by atoms with E-state index in [0.29, 0.717) is 40.5 Å². The standard InChI is InChI=1S/C31H30N2O7/c1-37-20-7-5-6-18(14-20)29(34)27-28(24-16-22(39-3)9-11-26(24)40-4)33(31(36)30(27)35)13-12-19-17-32-25-10-8-21(38-2)15-23(19)25/h5-11,14-17,28,32,34H,12-13H2,1-4H3/t28-/m1/s1. The Hall–Kier alpha value is -4.92. The first-order valence-corrected chi connectivity index (χ1v) is 12.7. The lowest BCUT2D eigenvalue weighted by Crippen LogP contribution is -2.31. The number of ketones is 1. The molecule has 1 aliphatic heterocycles. The molecule has 9 nitrogen and oxygen atoms in total. The number of methoxy groups -OCH3 is 4. The van der Waals surface area contributed by atoms with Crippen LogP contribution in [0, 0.1) is 0 Å². The van der Waals surface area contributed by atoms with Crippen molar-refractivity contribution in [3.05, 3.63) is 89.1 Å². The molecule has 1 aliphatic rings. The third-order valence-corrected chi connectivity index (χ3v) is 7.21. The van der Waals surface area contributed by atoms with E-state index in [-0.39, 0.29) is 17.9 Å². The maximum atomic E-state index is 13.5. The average molecular weight is 543 g/mol. The minimum atomic E-state index is -0.920. The number of aliphatic hydroxyl groups is 1. The van der Waals surface area contributed by atoms with Crippen LogP contribution in [-0.2, 0) is 16.0 Å². The first-order chi connectivity index (χ1) is 19.4. The molecular weight excluding hydrogens is 512 g/mol. The molecule has 0 bridgehead atoms. The normalized spacial score (nSPS) is 16.4. The Kier molecular flexibility index (Phi) is 7.37. The zero-order valence-electron chi connectivity index (χ0n) is 22.7. The van der Waals surface area contributed by atoms with Crippen molar-refractivity contribution in [2.24, 2.45) is 0 Å². The van der Waals surface area contributed by atoms with E-state index < -0.39 is 17.7 Å². The summed E-state index contributed by atoms with van der Waals surface area (Å²) in [4.78, 5) is 31.8. The molecule has 1 amide bonds. The van der Waals surface area contributed by atoms with Crippen molar-refractivity contribution in [1.29, 1.82) is 0 Å². The number of Topliss-reactive ketones (excluding diaryl/α,β-unsaturated/α-hetero) is 1. The van der Waals surface area contributed by atoms with Gasteiger partial charge < -0.3 is 33.9 Å². The fraction of sp³-hybridized carbons (Fsp3) is 0.226. The first-order valence-electron chi connectivity index (χ1n) is 12.7. The number of H-pyrrole nitrogens is 1. The number of likely N-dealkylation sites (tertiary alicyclic amines) is 1. The second-order valence-corrected chi connectivity index (χ2v) is 9.31. The predicted octanol–water partition coefficient (Wildman–Crippen LogP) is 4.87. The van der Waals surface area contributed by atoms with E-state index in [0.717, 1.165) is 16.5 Å². The van der Waals surface area contributed by atoms with Crippen molar-refractivity contribution in [2.75, 3.05) is 35.0 Å². The molecule has 2 N–H and O–H groups in total. The zero-order chi connectivity index (χ0) is 28.4. The monoisotopic (exact) mass is 542 g/mol. The first kappa shape index (κ1) is 26.7. The Morgan fingerprint density at radius 3 is 2.30 bits per heavy atom. The van der Waals surface area contributed by atoms with Crippen LogP contribution in [0.15, 0.2) is 72.4 Å². The Balaban J connectivity index is 1.62. The fourth-order valence-electron chi connectivity index (χ4n) is 5.15. The molecule has 5 rings (SSSR count). The van der Waals surface area contributed by atoms with Crippen LogP contribution in [0.5, 0.6) is 23.0 Å². The SMILES string of the molecule is COc1cccc(C(O)=C2C(=O)C(=O)N(CCc3c[nH]c4ccc(OC)cc34)[C@@H]2c2cc(OC)ccc2OC)c1. The van der Waals surface area contributed by atoms with E-state index in [4.69, 9.17) is 18.9 Å². The summed E-state index contributed by atoms with van der Waals surface area (Å²) in [7, 11) is 6.17. The van der Waals surface area contributed by atoms with Crippen molar-refractivity contribution in [1.82, 2.24) is 9.88 Å². The van der Waals surface area contributed by atoms with Gasteiger partial charge >= 0.3 is 0 Å². The van der Waals surface area contributed by atoms with Crippen LogP contribution >= 0.6 is 0 Å². The summed E-state index contributed by atoms with van der Waals surface area (Å²) < 4.78 is 21.8. The van der Waals surface area contributed by atoms with E-state index >= 15 is 0 Å². The molecule has 0 aliphatic carbocycles. The minimum Gasteiger partial charge on any atom is -0.507 e. The third kappa shape index (κ3) is 4.70. The number of fused-ring (bicyclic) bond motifs is 1. The quantitative estimate of drug-likeness (QED) is 0.176. The summed E-state index contributed by atoms with van der Waals surface area (Å²) in [6.45, 7) is 0.203. The van der Waals surface area contributed by atoms with Gasteiger partial charge in [0.2, 0.25) is 0 Å². The lowest BCUT2D eigenvalue weighted by atomic mass is 9.94. The molecular formula is C31H30N2O7. The number of nitrogens with one attached hydrogen (secondary N) is 1. The fourth-order valence-corrected chi connectivity index (χ4v) is 5.15. The number of aliphatic hydroxyl groups excluding tert-OH is 1. The molecule has 0 spiro atoms. The van der Waals surface area contributed by atoms with Gasteiger partial charge in [0.25, 0.3) is 11.7 Å². The van der Waals surface area contributed by atoms with Crippen LogP contribution in [-0.4, -0.2) is 61.7 Å². The van der Waals surface area contributed by atoms with Gasteiger partial charge in [-0.3, -0.25) is 9.59 Å². The van der Waals surface area contributed by atoms with Crippen molar-refractivity contribution in [3.63, 3.8) is 0 Å². The van der Waals surface area contributed by atoms with Crippen LogP contribution in [0.1, 0.15) is 22.7 Å². The van der Waals surface area contributed by atoms with E-state index in [1.54, 1.807) is 49.6 Å². The smallest absolute Gasteiger partial charge is 0.295 e. The van der Waals surface area contributed by atoms with Crippen molar-refractivity contribution < 1.29 is 33.6 Å². The van der Waals surface area contributed by atoms with Gasteiger partial charge in [-0.2, -0.15) is 0 Å². The highest BCUT2D eigenvalue weighted by Crippen LogP contribution is 2.44. The van der Waals surface area contributed by atoms with Crippen LogP contribution in [0.2, 0.25) is 0 Å². The Morgan fingerprint density at radius 2 is 1.57 bits per heavy atom. The maximum Gasteiger partial charge on any atom is 0.295 e. The van der Waals surface area contributed by atoms with Crippen LogP contribution < -0.4 is 18.9 Å². The van der Waals surface area contributed by atoms with Crippen LogP contribution in [0.3, 0.4) is 0 Å². The summed E-state index contributed by atoms with van der Waals surface area (Å²) >= 11 is 0. The van der Waals surface area contributed by atoms with E-state index in [1.807, 2.05) is 24.4 Å². The number of rotatable bonds is 9. The number of ether oxygens (including phenoxy) is 4. The molecule has 1 aromatic heterocycles. The van der Waals surface area contributed by atoms with Gasteiger partial charge in [0.15, 0.2) is 0 Å². The number of hydrogen-bond acceptors (Lipinski definition) is 7. The molecule has 0 unspecified atom stereocenters. The molecule has 4 aromatic rings. The molecule has 0 saturated carbocycles. The molecule has 9 heteroatoms. The molecule has 1 saturated heterocycles. The van der Waals surface area contributed by atoms with Crippen molar-refractivity contribution in [3.8, 4) is 23.0 Å². The number of amides is 1. The molecule has 40 heavy (non-hydrogen) atoms. The highest BCUT2D eigenvalue weighted by Gasteiger charge is 2.47. The Morgan fingerprint density at radius 1 is 0.875 bits per heavy atom. The van der Waals surface area contributed by atoms with Gasteiger partial charge in [0.05, 0.1) is 40.1 Å². The largest absolute Gasteiger partial charge is 0.507 e. The number of hydrogen-bond donors (Lipinski definition) is 2. The summed E-state index contributed by atoms with van der Waals surface area (Å²) in [5, 5.41) is 12.4. The van der Waals surface area contributed by atoms with E-state index in [2.05, 4.69) is 4.98 Å². The summed E-state index contributed by atoms with van der Waals surface area (Å²) in [5.41, 5.74) is 2.73. The van der Waals surface area contributed by atoms with Gasteiger partial charge in [-0.15, -0.1) is 0 Å². The second kappa shape index (κ2) is 11.1.